The Kier molecular flexibility index (Phi) is 4.44. The average molecular weight is 364 g/mol. The predicted molar refractivity (Wildman–Crippen MR) is 91.8 cm³/mol. The molecule has 0 saturated heterocycles. The maximum atomic E-state index is 12.9. The molecule has 0 spiro atoms. The van der Waals surface area contributed by atoms with E-state index in [0.29, 0.717) is 12.1 Å². The normalized spacial score (nSPS) is 16.3. The Morgan fingerprint density at radius 1 is 1.19 bits per heavy atom. The zero-order valence-corrected chi connectivity index (χ0v) is 14.2. The van der Waals surface area contributed by atoms with Gasteiger partial charge in [0.15, 0.2) is 5.60 Å². The van der Waals surface area contributed by atoms with Crippen LogP contribution in [0.25, 0.3) is 0 Å². The Morgan fingerprint density at radius 2 is 1.85 bits per heavy atom. The van der Waals surface area contributed by atoms with Crippen LogP contribution in [0.15, 0.2) is 42.5 Å². The van der Waals surface area contributed by atoms with E-state index in [2.05, 4.69) is 4.90 Å². The highest BCUT2D eigenvalue weighted by Crippen LogP contribution is 2.38. The number of benzene rings is 2. The minimum absolute atomic E-state index is 0.193. The average Bonchev–Trinajstić information content (AvgIpc) is 2.96. The molecule has 1 atom stereocenters. The first-order valence-corrected chi connectivity index (χ1v) is 8.16. The molecule has 3 N–H and O–H groups in total. The van der Waals surface area contributed by atoms with Crippen molar-refractivity contribution in [2.45, 2.75) is 31.7 Å². The smallest absolute Gasteiger partial charge is 0.376 e. The lowest BCUT2D eigenvalue weighted by Gasteiger charge is -2.27. The third-order valence-corrected chi connectivity index (χ3v) is 4.80. The largest absolute Gasteiger partial charge is 0.421 e. The van der Waals surface area contributed by atoms with Crippen molar-refractivity contribution in [3.05, 3.63) is 64.7 Å². The van der Waals surface area contributed by atoms with Crippen molar-refractivity contribution in [3.63, 3.8) is 0 Å². The van der Waals surface area contributed by atoms with Gasteiger partial charge in [0.05, 0.1) is 0 Å². The summed E-state index contributed by atoms with van der Waals surface area (Å²) in [4.78, 5) is 13.4. The number of alkyl halides is 3. The number of nitrogens with zero attached hydrogens (tertiary/aromatic N) is 1. The van der Waals surface area contributed by atoms with Gasteiger partial charge in [-0.1, -0.05) is 24.3 Å². The molecule has 3 rings (SSSR count). The Morgan fingerprint density at radius 3 is 2.42 bits per heavy atom. The second-order valence-electron chi connectivity index (χ2n) is 6.65. The van der Waals surface area contributed by atoms with Gasteiger partial charge in [0.2, 0.25) is 5.91 Å². The van der Waals surface area contributed by atoms with E-state index in [4.69, 9.17) is 5.73 Å². The summed E-state index contributed by atoms with van der Waals surface area (Å²) in [5.74, 6) is -0.474. The molecule has 4 nitrogen and oxygen atoms in total. The minimum atomic E-state index is -4.74. The van der Waals surface area contributed by atoms with Gasteiger partial charge in [-0.05, 0) is 48.2 Å². The molecule has 2 aromatic rings. The first-order valence-electron chi connectivity index (χ1n) is 8.16. The zero-order valence-electron chi connectivity index (χ0n) is 14.2. The molecule has 1 heterocycles. The summed E-state index contributed by atoms with van der Waals surface area (Å²) in [6, 6.07) is 11.1. The number of carbonyl (C=O) groups is 1. The second kappa shape index (κ2) is 6.32. The number of anilines is 1. The van der Waals surface area contributed by atoms with Gasteiger partial charge in [-0.2, -0.15) is 13.2 Å². The van der Waals surface area contributed by atoms with Crippen LogP contribution in [0.2, 0.25) is 0 Å². The Balaban J connectivity index is 1.77. The monoisotopic (exact) mass is 364 g/mol. The fourth-order valence-electron chi connectivity index (χ4n) is 3.11. The number of halogens is 3. The number of hydrogen-bond acceptors (Lipinski definition) is 3. The lowest BCUT2D eigenvalue weighted by molar-refractivity contribution is -0.258. The van der Waals surface area contributed by atoms with Gasteiger partial charge in [-0.15, -0.1) is 0 Å². The number of rotatable bonds is 4. The first kappa shape index (κ1) is 18.3. The molecule has 1 aliphatic heterocycles. The number of amides is 1. The maximum absolute atomic E-state index is 12.9. The number of aliphatic hydroxyl groups is 1. The zero-order chi connectivity index (χ0) is 19.1. The van der Waals surface area contributed by atoms with E-state index >= 15 is 0 Å². The second-order valence-corrected chi connectivity index (χ2v) is 6.65. The van der Waals surface area contributed by atoms with Crippen LogP contribution in [0.1, 0.15) is 34.0 Å². The molecule has 138 valence electrons. The summed E-state index contributed by atoms with van der Waals surface area (Å²) in [6.07, 6.45) is -3.96. The van der Waals surface area contributed by atoms with Crippen LogP contribution in [0, 0.1) is 0 Å². The van der Waals surface area contributed by atoms with Crippen LogP contribution in [0.4, 0.5) is 18.9 Å². The lowest BCUT2D eigenvalue weighted by atomic mass is 9.94. The van der Waals surface area contributed by atoms with Crippen molar-refractivity contribution in [2.75, 3.05) is 11.4 Å². The predicted octanol–water partition coefficient (Wildman–Crippen LogP) is 3.12. The van der Waals surface area contributed by atoms with Crippen molar-refractivity contribution >= 4 is 11.6 Å². The number of carbonyl (C=O) groups excluding carboxylic acids is 1. The maximum Gasteiger partial charge on any atom is 0.421 e. The van der Waals surface area contributed by atoms with Crippen LogP contribution in [0.3, 0.4) is 0 Å². The quantitative estimate of drug-likeness (QED) is 0.876. The van der Waals surface area contributed by atoms with Crippen LogP contribution in [-0.2, 0) is 18.6 Å². The summed E-state index contributed by atoms with van der Waals surface area (Å²) in [5.41, 5.74) is 5.53. The van der Waals surface area contributed by atoms with E-state index in [-0.39, 0.29) is 5.56 Å². The summed E-state index contributed by atoms with van der Waals surface area (Å²) < 4.78 is 38.7. The molecule has 26 heavy (non-hydrogen) atoms. The van der Waals surface area contributed by atoms with Crippen LogP contribution < -0.4 is 10.6 Å². The molecule has 0 fully saturated rings. The van der Waals surface area contributed by atoms with Crippen molar-refractivity contribution in [1.82, 2.24) is 0 Å². The number of hydrogen-bond donors (Lipinski definition) is 2. The lowest BCUT2D eigenvalue weighted by Crippen LogP contribution is -2.39. The van der Waals surface area contributed by atoms with Gasteiger partial charge >= 0.3 is 6.18 Å². The molecular weight excluding hydrogens is 345 g/mol. The Labute approximate surface area is 149 Å². The highest BCUT2D eigenvalue weighted by atomic mass is 19.4. The fraction of sp³-hybridized carbons (Fsp3) is 0.316. The van der Waals surface area contributed by atoms with E-state index in [0.717, 1.165) is 36.7 Å². The first-order chi connectivity index (χ1) is 12.1. The SMILES string of the molecule is CC(O)(c1ccc(CN2CCc3cc(C(N)=O)ccc32)cc1)C(F)(F)F. The van der Waals surface area contributed by atoms with E-state index in [1.165, 1.54) is 12.1 Å². The molecule has 0 saturated carbocycles. The molecule has 2 aromatic carbocycles. The minimum Gasteiger partial charge on any atom is -0.376 e. The third kappa shape index (κ3) is 3.26. The van der Waals surface area contributed by atoms with Gasteiger partial charge in [-0.25, -0.2) is 0 Å². The van der Waals surface area contributed by atoms with Crippen LogP contribution in [0.5, 0.6) is 0 Å². The van der Waals surface area contributed by atoms with Crippen LogP contribution in [-0.4, -0.2) is 23.7 Å². The standard InChI is InChI=1S/C19H19F3N2O2/c1-18(26,19(20,21)22)15-5-2-12(3-6-15)11-24-9-8-13-10-14(17(23)25)4-7-16(13)24/h2-7,10,26H,8-9,11H2,1H3,(H2,23,25). The van der Waals surface area contributed by atoms with Gasteiger partial charge in [0.1, 0.15) is 0 Å². The van der Waals surface area contributed by atoms with Crippen molar-refractivity contribution in [3.8, 4) is 0 Å². The Hall–Kier alpha value is -2.54. The molecule has 0 bridgehead atoms. The molecule has 1 unspecified atom stereocenters. The van der Waals surface area contributed by atoms with Crippen molar-refractivity contribution in [1.29, 1.82) is 0 Å². The molecule has 0 radical (unpaired) electrons. The highest BCUT2D eigenvalue weighted by Gasteiger charge is 2.51. The number of primary amides is 1. The number of fused-ring (bicyclic) bond motifs is 1. The third-order valence-electron chi connectivity index (χ3n) is 4.80. The van der Waals surface area contributed by atoms with Gasteiger partial charge in [0.25, 0.3) is 0 Å². The fourth-order valence-corrected chi connectivity index (χ4v) is 3.11. The topological polar surface area (TPSA) is 66.6 Å². The van der Waals surface area contributed by atoms with Crippen molar-refractivity contribution in [2.24, 2.45) is 5.73 Å². The molecule has 1 amide bonds. The van der Waals surface area contributed by atoms with E-state index in [1.807, 2.05) is 6.07 Å². The van der Waals surface area contributed by atoms with Gasteiger partial charge < -0.3 is 15.7 Å². The van der Waals surface area contributed by atoms with E-state index < -0.39 is 17.7 Å². The van der Waals surface area contributed by atoms with Crippen LogP contribution >= 0.6 is 0 Å². The van der Waals surface area contributed by atoms with Gasteiger partial charge in [-0.3, -0.25) is 4.79 Å². The van der Waals surface area contributed by atoms with E-state index in [9.17, 15) is 23.1 Å². The van der Waals surface area contributed by atoms with Crippen molar-refractivity contribution < 1.29 is 23.1 Å². The molecule has 0 aromatic heterocycles. The molecular formula is C19H19F3N2O2. The molecule has 7 heteroatoms. The highest BCUT2D eigenvalue weighted by molar-refractivity contribution is 5.93. The number of nitrogens with two attached hydrogens (primary N) is 1. The summed E-state index contributed by atoms with van der Waals surface area (Å²) >= 11 is 0. The van der Waals surface area contributed by atoms with E-state index in [1.54, 1.807) is 24.3 Å². The summed E-state index contributed by atoms with van der Waals surface area (Å²) in [5, 5.41) is 9.73. The summed E-state index contributed by atoms with van der Waals surface area (Å²) in [6.45, 7) is 2.02. The summed E-state index contributed by atoms with van der Waals surface area (Å²) in [7, 11) is 0. The van der Waals surface area contributed by atoms with Gasteiger partial charge in [0, 0.05) is 24.3 Å². The molecule has 0 aliphatic carbocycles. The molecule has 1 aliphatic rings. The Bertz CT molecular complexity index is 830.